The van der Waals surface area contributed by atoms with Gasteiger partial charge in [0.2, 0.25) is 0 Å². The molecule has 2 N–H and O–H groups in total. The first-order valence-electron chi connectivity index (χ1n) is 5.76. The van der Waals surface area contributed by atoms with E-state index in [9.17, 15) is 0 Å². The van der Waals surface area contributed by atoms with Gasteiger partial charge in [0.15, 0.2) is 0 Å². The molecule has 98 valence electrons. The highest BCUT2D eigenvalue weighted by atomic mass is 35.5. The molecule has 1 aromatic rings. The van der Waals surface area contributed by atoms with Gasteiger partial charge in [-0.1, -0.05) is 30.7 Å². The minimum Gasteiger partial charge on any atom is -0.329 e. The number of nitrogens with zero attached hydrogens (tertiary/aromatic N) is 1. The molecule has 0 heterocycles. The Morgan fingerprint density at radius 1 is 1.41 bits per heavy atom. The van der Waals surface area contributed by atoms with E-state index in [1.807, 2.05) is 12.1 Å². The van der Waals surface area contributed by atoms with Gasteiger partial charge in [-0.3, -0.25) is 4.90 Å². The highest BCUT2D eigenvalue weighted by molar-refractivity contribution is 6.31. The van der Waals surface area contributed by atoms with Crippen LogP contribution in [-0.4, -0.2) is 24.5 Å². The third kappa shape index (κ3) is 4.47. The van der Waals surface area contributed by atoms with Gasteiger partial charge in [0, 0.05) is 24.2 Å². The summed E-state index contributed by atoms with van der Waals surface area (Å²) in [7, 11) is 2.08. The second-order valence-corrected chi connectivity index (χ2v) is 4.64. The molecule has 1 aromatic carbocycles. The smallest absolute Gasteiger partial charge is 0.0453 e. The predicted octanol–water partition coefficient (Wildman–Crippen LogP) is 3.10. The molecular formula is C13H22Cl2N2. The van der Waals surface area contributed by atoms with Gasteiger partial charge in [0.05, 0.1) is 0 Å². The van der Waals surface area contributed by atoms with Gasteiger partial charge in [-0.25, -0.2) is 0 Å². The van der Waals surface area contributed by atoms with E-state index >= 15 is 0 Å². The molecule has 0 amide bonds. The molecule has 0 bridgehead atoms. The van der Waals surface area contributed by atoms with Crippen LogP contribution in [0.5, 0.6) is 0 Å². The Bertz CT molecular complexity index is 342. The number of rotatable bonds is 5. The Labute approximate surface area is 116 Å². The Kier molecular flexibility index (Phi) is 7.80. The molecule has 0 radical (unpaired) electrons. The molecule has 4 heteroatoms. The average Bonchev–Trinajstić information content (AvgIpc) is 2.30. The molecule has 1 atom stereocenters. The highest BCUT2D eigenvalue weighted by Gasteiger charge is 2.12. The summed E-state index contributed by atoms with van der Waals surface area (Å²) < 4.78 is 0. The lowest BCUT2D eigenvalue weighted by molar-refractivity contribution is 0.254. The van der Waals surface area contributed by atoms with Crippen molar-refractivity contribution in [1.82, 2.24) is 4.90 Å². The van der Waals surface area contributed by atoms with Gasteiger partial charge in [-0.15, -0.1) is 12.4 Å². The van der Waals surface area contributed by atoms with Gasteiger partial charge in [-0.2, -0.15) is 0 Å². The molecule has 0 aliphatic heterocycles. The molecule has 2 nitrogen and oxygen atoms in total. The van der Waals surface area contributed by atoms with Crippen LogP contribution < -0.4 is 5.73 Å². The van der Waals surface area contributed by atoms with Crippen molar-refractivity contribution in [3.8, 4) is 0 Å². The van der Waals surface area contributed by atoms with Crippen LogP contribution in [0.15, 0.2) is 18.2 Å². The fraction of sp³-hybridized carbons (Fsp3) is 0.538. The van der Waals surface area contributed by atoms with Crippen molar-refractivity contribution >= 4 is 24.0 Å². The fourth-order valence-corrected chi connectivity index (χ4v) is 1.95. The monoisotopic (exact) mass is 276 g/mol. The predicted molar refractivity (Wildman–Crippen MR) is 78.1 cm³/mol. The molecule has 1 unspecified atom stereocenters. The average molecular weight is 277 g/mol. The van der Waals surface area contributed by atoms with Crippen molar-refractivity contribution in [3.05, 3.63) is 34.3 Å². The van der Waals surface area contributed by atoms with Crippen LogP contribution in [0.4, 0.5) is 0 Å². The quantitative estimate of drug-likeness (QED) is 0.896. The molecule has 1 rings (SSSR count). The zero-order valence-electron chi connectivity index (χ0n) is 10.7. The van der Waals surface area contributed by atoms with Crippen molar-refractivity contribution in [2.75, 3.05) is 13.6 Å². The molecule has 0 aliphatic carbocycles. The summed E-state index contributed by atoms with van der Waals surface area (Å²) >= 11 is 6.24. The molecule has 0 aromatic heterocycles. The third-order valence-corrected chi connectivity index (χ3v) is 3.45. The summed E-state index contributed by atoms with van der Waals surface area (Å²) in [6.07, 6.45) is 1.01. The largest absolute Gasteiger partial charge is 0.329 e. The lowest BCUT2D eigenvalue weighted by Gasteiger charge is -2.25. The first kappa shape index (κ1) is 16.7. The van der Waals surface area contributed by atoms with Crippen LogP contribution in [-0.2, 0) is 13.0 Å². The molecule has 0 saturated heterocycles. The zero-order valence-corrected chi connectivity index (χ0v) is 12.3. The van der Waals surface area contributed by atoms with E-state index in [1.54, 1.807) is 0 Å². The topological polar surface area (TPSA) is 29.3 Å². The number of hydrogen-bond acceptors (Lipinski definition) is 2. The Morgan fingerprint density at radius 2 is 2.06 bits per heavy atom. The standard InChI is InChI=1S/C13H21ClN2.ClH/c1-4-11-6-5-7-13(14)12(11)9-16(3)10(2)8-15;/h5-7,10H,4,8-9,15H2,1-3H3;1H. The molecular weight excluding hydrogens is 255 g/mol. The Balaban J connectivity index is 0.00000256. The van der Waals surface area contributed by atoms with Crippen molar-refractivity contribution in [1.29, 1.82) is 0 Å². The maximum Gasteiger partial charge on any atom is 0.0453 e. The SMILES string of the molecule is CCc1cccc(Cl)c1CN(C)C(C)CN.Cl. The lowest BCUT2D eigenvalue weighted by atomic mass is 10.0. The first-order chi connectivity index (χ1) is 7.60. The molecule has 0 saturated carbocycles. The second kappa shape index (κ2) is 7.93. The van der Waals surface area contributed by atoms with Crippen LogP contribution in [0.25, 0.3) is 0 Å². The lowest BCUT2D eigenvalue weighted by Crippen LogP contribution is -2.35. The second-order valence-electron chi connectivity index (χ2n) is 4.23. The van der Waals surface area contributed by atoms with E-state index in [0.29, 0.717) is 12.6 Å². The maximum absolute atomic E-state index is 6.24. The van der Waals surface area contributed by atoms with E-state index in [0.717, 1.165) is 18.0 Å². The number of nitrogens with two attached hydrogens (primary N) is 1. The molecule has 0 fully saturated rings. The van der Waals surface area contributed by atoms with Crippen molar-refractivity contribution in [2.45, 2.75) is 32.9 Å². The van der Waals surface area contributed by atoms with E-state index < -0.39 is 0 Å². The van der Waals surface area contributed by atoms with E-state index in [4.69, 9.17) is 17.3 Å². The molecule has 0 aliphatic rings. The van der Waals surface area contributed by atoms with Crippen LogP contribution in [0.3, 0.4) is 0 Å². The highest BCUT2D eigenvalue weighted by Crippen LogP contribution is 2.22. The normalized spacial score (nSPS) is 12.4. The van der Waals surface area contributed by atoms with Gasteiger partial charge in [0.1, 0.15) is 0 Å². The van der Waals surface area contributed by atoms with Gasteiger partial charge < -0.3 is 5.73 Å². The Hall–Kier alpha value is -0.280. The van der Waals surface area contributed by atoms with Gasteiger partial charge in [0.25, 0.3) is 0 Å². The summed E-state index contributed by atoms with van der Waals surface area (Å²) in [4.78, 5) is 2.24. The zero-order chi connectivity index (χ0) is 12.1. The molecule has 0 spiro atoms. The fourth-order valence-electron chi connectivity index (χ4n) is 1.70. The van der Waals surface area contributed by atoms with Gasteiger partial charge in [-0.05, 0) is 37.6 Å². The maximum atomic E-state index is 6.24. The van der Waals surface area contributed by atoms with Crippen LogP contribution >= 0.6 is 24.0 Å². The summed E-state index contributed by atoms with van der Waals surface area (Å²) in [5, 5.41) is 0.857. The van der Waals surface area contributed by atoms with Crippen molar-refractivity contribution < 1.29 is 0 Å². The number of aryl methyl sites for hydroxylation is 1. The number of likely N-dealkylation sites (N-methyl/N-ethyl adjacent to an activating group) is 1. The van der Waals surface area contributed by atoms with E-state index in [1.165, 1.54) is 11.1 Å². The van der Waals surface area contributed by atoms with E-state index in [-0.39, 0.29) is 12.4 Å². The number of halogens is 2. The summed E-state index contributed by atoms with van der Waals surface area (Å²) in [5.74, 6) is 0. The van der Waals surface area contributed by atoms with E-state index in [2.05, 4.69) is 31.9 Å². The van der Waals surface area contributed by atoms with Gasteiger partial charge >= 0.3 is 0 Å². The van der Waals surface area contributed by atoms with Crippen LogP contribution in [0, 0.1) is 0 Å². The molecule has 17 heavy (non-hydrogen) atoms. The number of benzene rings is 1. The number of hydrogen-bond donors (Lipinski definition) is 1. The summed E-state index contributed by atoms with van der Waals surface area (Å²) in [5.41, 5.74) is 8.21. The summed E-state index contributed by atoms with van der Waals surface area (Å²) in [6, 6.07) is 6.48. The van der Waals surface area contributed by atoms with Crippen molar-refractivity contribution in [2.24, 2.45) is 5.73 Å². The van der Waals surface area contributed by atoms with Crippen LogP contribution in [0.1, 0.15) is 25.0 Å². The minimum atomic E-state index is 0. The first-order valence-corrected chi connectivity index (χ1v) is 6.14. The van der Waals surface area contributed by atoms with Crippen LogP contribution in [0.2, 0.25) is 5.02 Å². The third-order valence-electron chi connectivity index (χ3n) is 3.10. The Morgan fingerprint density at radius 3 is 2.59 bits per heavy atom. The minimum absolute atomic E-state index is 0. The summed E-state index contributed by atoms with van der Waals surface area (Å²) in [6.45, 7) is 5.81. The van der Waals surface area contributed by atoms with Crippen molar-refractivity contribution in [3.63, 3.8) is 0 Å².